The molecule has 2 aliphatic rings. The summed E-state index contributed by atoms with van der Waals surface area (Å²) in [6.45, 7) is 0. The van der Waals surface area contributed by atoms with Crippen LogP contribution in [0, 0.1) is 11.8 Å². The van der Waals surface area contributed by atoms with E-state index >= 15 is 0 Å². The fourth-order valence-corrected chi connectivity index (χ4v) is 2.75. The van der Waals surface area contributed by atoms with Crippen molar-refractivity contribution in [1.82, 2.24) is 0 Å². The van der Waals surface area contributed by atoms with E-state index in [4.69, 9.17) is 4.74 Å². The van der Waals surface area contributed by atoms with Crippen LogP contribution in [0.15, 0.2) is 11.8 Å². The van der Waals surface area contributed by atoms with Crippen molar-refractivity contribution in [1.29, 1.82) is 0 Å². The van der Waals surface area contributed by atoms with E-state index in [-0.39, 0.29) is 0 Å². The van der Waals surface area contributed by atoms with Crippen LogP contribution < -0.4 is 0 Å². The maximum Gasteiger partial charge on any atom is 0.0949 e. The summed E-state index contributed by atoms with van der Waals surface area (Å²) in [5.74, 6) is 3.00. The molecule has 0 radical (unpaired) electrons. The summed E-state index contributed by atoms with van der Waals surface area (Å²) in [5.41, 5.74) is 0. The predicted octanol–water partition coefficient (Wildman–Crippen LogP) is 3.12. The summed E-state index contributed by atoms with van der Waals surface area (Å²) in [4.78, 5) is 0. The average molecular weight is 166 g/mol. The molecule has 2 unspecified atom stereocenters. The fraction of sp³-hybridized carbons (Fsp3) is 0.818. The lowest BCUT2D eigenvalue weighted by atomic mass is 9.73. The first-order chi connectivity index (χ1) is 5.92. The molecule has 2 aliphatic carbocycles. The zero-order chi connectivity index (χ0) is 8.39. The van der Waals surface area contributed by atoms with Gasteiger partial charge in [-0.3, -0.25) is 0 Å². The number of hydrogen-bond donors (Lipinski definition) is 0. The van der Waals surface area contributed by atoms with Gasteiger partial charge in [0.15, 0.2) is 0 Å². The zero-order valence-corrected chi connectivity index (χ0v) is 7.88. The van der Waals surface area contributed by atoms with E-state index in [1.165, 1.54) is 44.3 Å². The van der Waals surface area contributed by atoms with Crippen molar-refractivity contribution in [3.63, 3.8) is 0 Å². The molecule has 0 aromatic heterocycles. The second-order valence-corrected chi connectivity index (χ2v) is 4.04. The highest BCUT2D eigenvalue weighted by atomic mass is 16.5. The normalized spacial score (nSPS) is 35.2. The van der Waals surface area contributed by atoms with Crippen LogP contribution in [0.25, 0.3) is 0 Å². The Kier molecular flexibility index (Phi) is 2.38. The third kappa shape index (κ3) is 1.37. The summed E-state index contributed by atoms with van der Waals surface area (Å²) in [7, 11) is 1.82. The molecule has 0 heterocycles. The SMILES string of the molecule is COC1=CCCC2CCCCC12. The smallest absolute Gasteiger partial charge is 0.0949 e. The van der Waals surface area contributed by atoms with Gasteiger partial charge in [-0.25, -0.2) is 0 Å². The molecule has 0 aromatic carbocycles. The van der Waals surface area contributed by atoms with Crippen molar-refractivity contribution in [3.8, 4) is 0 Å². The van der Waals surface area contributed by atoms with Gasteiger partial charge in [-0.2, -0.15) is 0 Å². The molecule has 12 heavy (non-hydrogen) atoms. The Morgan fingerprint density at radius 2 is 2.08 bits per heavy atom. The van der Waals surface area contributed by atoms with Crippen LogP contribution >= 0.6 is 0 Å². The molecule has 0 aromatic rings. The Hall–Kier alpha value is -0.460. The Morgan fingerprint density at radius 1 is 1.25 bits per heavy atom. The number of methoxy groups -OCH3 is 1. The summed E-state index contributed by atoms with van der Waals surface area (Å²) in [6.07, 6.45) is 10.6. The maximum absolute atomic E-state index is 5.42. The highest BCUT2D eigenvalue weighted by Gasteiger charge is 2.30. The number of rotatable bonds is 1. The highest BCUT2D eigenvalue weighted by molar-refractivity contribution is 5.06. The molecule has 2 rings (SSSR count). The van der Waals surface area contributed by atoms with Crippen LogP contribution in [0.1, 0.15) is 38.5 Å². The minimum atomic E-state index is 0.775. The first-order valence-corrected chi connectivity index (χ1v) is 5.16. The minimum Gasteiger partial charge on any atom is -0.501 e. The predicted molar refractivity (Wildman–Crippen MR) is 49.8 cm³/mol. The second-order valence-electron chi connectivity index (χ2n) is 4.04. The van der Waals surface area contributed by atoms with Crippen molar-refractivity contribution in [2.45, 2.75) is 38.5 Å². The van der Waals surface area contributed by atoms with E-state index in [1.807, 2.05) is 7.11 Å². The van der Waals surface area contributed by atoms with Gasteiger partial charge in [0.05, 0.1) is 12.9 Å². The van der Waals surface area contributed by atoms with Crippen LogP contribution in [0.5, 0.6) is 0 Å². The molecule has 68 valence electrons. The van der Waals surface area contributed by atoms with Crippen LogP contribution in [0.4, 0.5) is 0 Å². The summed E-state index contributed by atoms with van der Waals surface area (Å²) in [5, 5.41) is 0. The topological polar surface area (TPSA) is 9.23 Å². The lowest BCUT2D eigenvalue weighted by molar-refractivity contribution is 0.147. The minimum absolute atomic E-state index is 0.775. The monoisotopic (exact) mass is 166 g/mol. The second kappa shape index (κ2) is 3.51. The summed E-state index contributed by atoms with van der Waals surface area (Å²) in [6, 6.07) is 0. The molecule has 0 saturated heterocycles. The molecule has 0 spiro atoms. The molecular weight excluding hydrogens is 148 g/mol. The Balaban J connectivity index is 2.09. The third-order valence-corrected chi connectivity index (χ3v) is 3.39. The van der Waals surface area contributed by atoms with Gasteiger partial charge in [0.2, 0.25) is 0 Å². The first-order valence-electron chi connectivity index (χ1n) is 5.16. The lowest BCUT2D eigenvalue weighted by Crippen LogP contribution is -2.24. The standard InChI is InChI=1S/C11H18O/c1-12-11-8-4-6-9-5-2-3-7-10(9)11/h8-10H,2-7H2,1H3. The average Bonchev–Trinajstić information content (AvgIpc) is 2.17. The van der Waals surface area contributed by atoms with Gasteiger partial charge in [0, 0.05) is 5.92 Å². The first kappa shape index (κ1) is 8.15. The van der Waals surface area contributed by atoms with Crippen molar-refractivity contribution < 1.29 is 4.74 Å². The van der Waals surface area contributed by atoms with Gasteiger partial charge in [0.1, 0.15) is 0 Å². The van der Waals surface area contributed by atoms with Gasteiger partial charge >= 0.3 is 0 Å². The molecule has 0 aliphatic heterocycles. The van der Waals surface area contributed by atoms with Crippen molar-refractivity contribution in [2.24, 2.45) is 11.8 Å². The maximum atomic E-state index is 5.42. The highest BCUT2D eigenvalue weighted by Crippen LogP contribution is 2.40. The molecule has 1 heteroatoms. The van der Waals surface area contributed by atoms with E-state index in [0.29, 0.717) is 0 Å². The summed E-state index contributed by atoms with van der Waals surface area (Å²) < 4.78 is 5.42. The van der Waals surface area contributed by atoms with Crippen LogP contribution in [0.2, 0.25) is 0 Å². The van der Waals surface area contributed by atoms with E-state index in [1.54, 1.807) is 0 Å². The van der Waals surface area contributed by atoms with Crippen molar-refractivity contribution in [2.75, 3.05) is 7.11 Å². The van der Waals surface area contributed by atoms with Crippen LogP contribution in [-0.4, -0.2) is 7.11 Å². The number of hydrogen-bond acceptors (Lipinski definition) is 1. The largest absolute Gasteiger partial charge is 0.501 e. The van der Waals surface area contributed by atoms with E-state index in [9.17, 15) is 0 Å². The molecule has 0 amide bonds. The fourth-order valence-electron chi connectivity index (χ4n) is 2.75. The lowest BCUT2D eigenvalue weighted by Gasteiger charge is -2.35. The summed E-state index contributed by atoms with van der Waals surface area (Å²) >= 11 is 0. The van der Waals surface area contributed by atoms with Gasteiger partial charge in [-0.1, -0.05) is 12.8 Å². The van der Waals surface area contributed by atoms with Gasteiger partial charge in [0.25, 0.3) is 0 Å². The molecular formula is C11H18O. The zero-order valence-electron chi connectivity index (χ0n) is 7.88. The van der Waals surface area contributed by atoms with E-state index < -0.39 is 0 Å². The molecule has 1 fully saturated rings. The quantitative estimate of drug-likeness (QED) is 0.581. The van der Waals surface area contributed by atoms with Gasteiger partial charge in [-0.15, -0.1) is 0 Å². The van der Waals surface area contributed by atoms with E-state index in [2.05, 4.69) is 6.08 Å². The number of fused-ring (bicyclic) bond motifs is 1. The van der Waals surface area contributed by atoms with Crippen LogP contribution in [0.3, 0.4) is 0 Å². The van der Waals surface area contributed by atoms with Gasteiger partial charge in [-0.05, 0) is 37.7 Å². The Labute approximate surface area is 74.8 Å². The number of ether oxygens (including phenoxy) is 1. The van der Waals surface area contributed by atoms with Crippen molar-refractivity contribution in [3.05, 3.63) is 11.8 Å². The molecule has 1 nitrogen and oxygen atoms in total. The van der Waals surface area contributed by atoms with Crippen molar-refractivity contribution >= 4 is 0 Å². The van der Waals surface area contributed by atoms with Gasteiger partial charge < -0.3 is 4.74 Å². The molecule has 2 atom stereocenters. The third-order valence-electron chi connectivity index (χ3n) is 3.39. The number of allylic oxidation sites excluding steroid dienone is 2. The molecule has 0 bridgehead atoms. The molecule has 1 saturated carbocycles. The van der Waals surface area contributed by atoms with E-state index in [0.717, 1.165) is 11.8 Å². The Bertz CT molecular complexity index is 183. The molecule has 0 N–H and O–H groups in total. The van der Waals surface area contributed by atoms with Crippen LogP contribution in [-0.2, 0) is 4.74 Å². The Morgan fingerprint density at radius 3 is 2.92 bits per heavy atom.